The molecule has 2 nitrogen and oxygen atoms in total. The molecule has 2 heteroatoms. The molecule has 0 amide bonds. The van der Waals surface area contributed by atoms with E-state index in [2.05, 4.69) is 60.6 Å². The zero-order chi connectivity index (χ0) is 16.5. The summed E-state index contributed by atoms with van der Waals surface area (Å²) in [6, 6.07) is 0.370. The molecule has 0 bridgehead atoms. The zero-order valence-electron chi connectivity index (χ0n) is 15.2. The fourth-order valence-corrected chi connectivity index (χ4v) is 3.07. The fourth-order valence-electron chi connectivity index (χ4n) is 3.07. The van der Waals surface area contributed by atoms with Crippen molar-refractivity contribution in [3.63, 3.8) is 0 Å². The lowest BCUT2D eigenvalue weighted by Crippen LogP contribution is -2.33. The molecule has 0 N–H and O–H groups in total. The quantitative estimate of drug-likeness (QED) is 0.615. The molecule has 0 saturated heterocycles. The first kappa shape index (κ1) is 16.9. The Morgan fingerprint density at radius 1 is 1.18 bits per heavy atom. The molecule has 0 fully saturated rings. The first-order chi connectivity index (χ1) is 10.4. The monoisotopic (exact) mass is 298 g/mol. The Kier molecular flexibility index (Phi) is 4.89. The summed E-state index contributed by atoms with van der Waals surface area (Å²) in [5.74, 6) is 0. The highest BCUT2D eigenvalue weighted by atomic mass is 14.9. The maximum Gasteiger partial charge on any atom is 0.0796 e. The largest absolute Gasteiger partial charge is 0.282 e. The van der Waals surface area contributed by atoms with Crippen LogP contribution in [0.5, 0.6) is 0 Å². The van der Waals surface area contributed by atoms with Gasteiger partial charge in [0.15, 0.2) is 0 Å². The van der Waals surface area contributed by atoms with Gasteiger partial charge < -0.3 is 0 Å². The summed E-state index contributed by atoms with van der Waals surface area (Å²) < 4.78 is 0. The van der Waals surface area contributed by atoms with E-state index in [-0.39, 0.29) is 5.54 Å². The van der Waals surface area contributed by atoms with Gasteiger partial charge in [0.2, 0.25) is 0 Å². The van der Waals surface area contributed by atoms with Gasteiger partial charge in [-0.1, -0.05) is 20.8 Å². The maximum absolute atomic E-state index is 5.14. The maximum atomic E-state index is 5.14. The fraction of sp³-hybridized carbons (Fsp3) is 0.600. The predicted octanol–water partition coefficient (Wildman–Crippen LogP) is 5.46. The van der Waals surface area contributed by atoms with Crippen LogP contribution in [0.2, 0.25) is 0 Å². The number of hydrogen-bond donors (Lipinski definition) is 0. The molecule has 1 heterocycles. The third-order valence-corrected chi connectivity index (χ3v) is 5.34. The van der Waals surface area contributed by atoms with Crippen molar-refractivity contribution in [1.29, 1.82) is 0 Å². The lowest BCUT2D eigenvalue weighted by Gasteiger charge is -2.35. The van der Waals surface area contributed by atoms with Crippen molar-refractivity contribution >= 4 is 11.4 Å². The molecule has 2 atom stereocenters. The Morgan fingerprint density at radius 2 is 1.86 bits per heavy atom. The van der Waals surface area contributed by atoms with Crippen LogP contribution in [0, 0.1) is 0 Å². The molecule has 1 aliphatic carbocycles. The van der Waals surface area contributed by atoms with Gasteiger partial charge in [-0.2, -0.15) is 0 Å². The van der Waals surface area contributed by atoms with Crippen molar-refractivity contribution in [1.82, 2.24) is 0 Å². The molecule has 0 saturated carbocycles. The molecular weight excluding hydrogens is 268 g/mol. The summed E-state index contributed by atoms with van der Waals surface area (Å²) in [5, 5.41) is 0. The molecular formula is C20H30N2. The SMILES string of the molecule is CCC1=CC(=N[C@H](C)CC)C=C2C1=NC(C)(CC)C(C)=C2C. The highest BCUT2D eigenvalue weighted by Gasteiger charge is 2.34. The molecule has 0 radical (unpaired) electrons. The van der Waals surface area contributed by atoms with Gasteiger partial charge >= 0.3 is 0 Å². The number of aliphatic imine (C=N–C) groups is 2. The van der Waals surface area contributed by atoms with Gasteiger partial charge in [-0.25, -0.2) is 0 Å². The molecule has 1 aliphatic heterocycles. The van der Waals surface area contributed by atoms with Crippen molar-refractivity contribution in [3.05, 3.63) is 34.4 Å². The Balaban J connectivity index is 2.58. The molecule has 0 aromatic carbocycles. The lowest BCUT2D eigenvalue weighted by atomic mass is 9.77. The van der Waals surface area contributed by atoms with Gasteiger partial charge in [-0.15, -0.1) is 0 Å². The Hall–Kier alpha value is -1.44. The van der Waals surface area contributed by atoms with Crippen molar-refractivity contribution < 1.29 is 0 Å². The number of dihydropyridines is 1. The summed E-state index contributed by atoms with van der Waals surface area (Å²) in [7, 11) is 0. The third-order valence-electron chi connectivity index (χ3n) is 5.34. The van der Waals surface area contributed by atoms with Gasteiger partial charge in [0.1, 0.15) is 0 Å². The second-order valence-corrected chi connectivity index (χ2v) is 6.73. The standard InChI is InChI=1S/C20H30N2/c1-8-13(4)21-17-11-16(9-2)19-18(12-17)14(5)15(6)20(7,10-3)22-19/h11-13H,8-10H2,1-7H3/t13-,20?/m1/s1. The molecule has 2 aliphatic rings. The summed E-state index contributed by atoms with van der Waals surface area (Å²) in [5.41, 5.74) is 7.62. The Morgan fingerprint density at radius 3 is 2.41 bits per heavy atom. The van der Waals surface area contributed by atoms with E-state index in [0.717, 1.165) is 25.0 Å². The van der Waals surface area contributed by atoms with E-state index in [4.69, 9.17) is 9.98 Å². The number of rotatable bonds is 4. The number of nitrogens with zero attached hydrogens (tertiary/aromatic N) is 2. The van der Waals surface area contributed by atoms with Crippen LogP contribution in [0.15, 0.2) is 44.4 Å². The van der Waals surface area contributed by atoms with Crippen LogP contribution >= 0.6 is 0 Å². The minimum atomic E-state index is -0.0592. The van der Waals surface area contributed by atoms with Gasteiger partial charge in [-0.05, 0) is 75.8 Å². The average molecular weight is 298 g/mol. The van der Waals surface area contributed by atoms with E-state index in [1.54, 1.807) is 0 Å². The molecule has 2 rings (SSSR count). The van der Waals surface area contributed by atoms with E-state index in [1.807, 2.05) is 0 Å². The summed E-state index contributed by atoms with van der Waals surface area (Å²) in [4.78, 5) is 9.98. The topological polar surface area (TPSA) is 24.7 Å². The summed E-state index contributed by atoms with van der Waals surface area (Å²) in [6.07, 6.45) is 7.58. The number of hydrogen-bond acceptors (Lipinski definition) is 2. The Bertz CT molecular complexity index is 614. The summed E-state index contributed by atoms with van der Waals surface area (Å²) >= 11 is 0. The minimum absolute atomic E-state index is 0.0592. The van der Waals surface area contributed by atoms with E-state index in [9.17, 15) is 0 Å². The van der Waals surface area contributed by atoms with Crippen LogP contribution in [-0.2, 0) is 0 Å². The molecule has 1 unspecified atom stereocenters. The third kappa shape index (κ3) is 2.88. The van der Waals surface area contributed by atoms with Crippen molar-refractivity contribution in [2.75, 3.05) is 0 Å². The smallest absolute Gasteiger partial charge is 0.0796 e. The van der Waals surface area contributed by atoms with Crippen molar-refractivity contribution in [3.8, 4) is 0 Å². The molecule has 0 aromatic rings. The second-order valence-electron chi connectivity index (χ2n) is 6.73. The van der Waals surface area contributed by atoms with Gasteiger partial charge in [0.25, 0.3) is 0 Å². The van der Waals surface area contributed by atoms with Crippen LogP contribution in [0.1, 0.15) is 67.7 Å². The molecule has 120 valence electrons. The highest BCUT2D eigenvalue weighted by Crippen LogP contribution is 2.38. The molecule has 0 aromatic heterocycles. The van der Waals surface area contributed by atoms with Crippen LogP contribution < -0.4 is 0 Å². The Labute approximate surface area is 135 Å². The highest BCUT2D eigenvalue weighted by molar-refractivity contribution is 6.26. The second kappa shape index (κ2) is 6.36. The van der Waals surface area contributed by atoms with Crippen LogP contribution in [0.4, 0.5) is 0 Å². The van der Waals surface area contributed by atoms with Crippen LogP contribution in [0.3, 0.4) is 0 Å². The first-order valence-corrected chi connectivity index (χ1v) is 8.65. The van der Waals surface area contributed by atoms with E-state index >= 15 is 0 Å². The zero-order valence-corrected chi connectivity index (χ0v) is 15.2. The van der Waals surface area contributed by atoms with Crippen LogP contribution in [0.25, 0.3) is 0 Å². The van der Waals surface area contributed by atoms with Gasteiger partial charge in [-0.3, -0.25) is 9.98 Å². The van der Waals surface area contributed by atoms with Crippen LogP contribution in [-0.4, -0.2) is 23.0 Å². The van der Waals surface area contributed by atoms with Gasteiger partial charge in [0, 0.05) is 11.6 Å². The van der Waals surface area contributed by atoms with E-state index < -0.39 is 0 Å². The predicted molar refractivity (Wildman–Crippen MR) is 98.2 cm³/mol. The minimum Gasteiger partial charge on any atom is -0.282 e. The molecule has 0 spiro atoms. The first-order valence-electron chi connectivity index (χ1n) is 8.65. The molecule has 22 heavy (non-hydrogen) atoms. The number of fused-ring (bicyclic) bond motifs is 1. The lowest BCUT2D eigenvalue weighted by molar-refractivity contribution is 0.525. The van der Waals surface area contributed by atoms with Gasteiger partial charge in [0.05, 0.1) is 17.0 Å². The van der Waals surface area contributed by atoms with Crippen molar-refractivity contribution in [2.45, 2.75) is 79.3 Å². The number of allylic oxidation sites excluding steroid dienone is 5. The normalized spacial score (nSPS) is 28.1. The van der Waals surface area contributed by atoms with E-state index in [1.165, 1.54) is 28.0 Å². The van der Waals surface area contributed by atoms with Crippen molar-refractivity contribution in [2.24, 2.45) is 9.98 Å². The average Bonchev–Trinajstić information content (AvgIpc) is 2.52. The van der Waals surface area contributed by atoms with E-state index in [0.29, 0.717) is 6.04 Å². The summed E-state index contributed by atoms with van der Waals surface area (Å²) in [6.45, 7) is 15.5.